The minimum atomic E-state index is -0.545. The van der Waals surface area contributed by atoms with E-state index in [-0.39, 0.29) is 5.91 Å². The third kappa shape index (κ3) is 4.26. The van der Waals surface area contributed by atoms with E-state index in [4.69, 9.17) is 17.3 Å². The summed E-state index contributed by atoms with van der Waals surface area (Å²) in [5.41, 5.74) is 9.16. The van der Waals surface area contributed by atoms with Crippen LogP contribution in [0.5, 0.6) is 0 Å². The van der Waals surface area contributed by atoms with Crippen molar-refractivity contribution in [2.75, 3.05) is 10.6 Å². The van der Waals surface area contributed by atoms with Crippen molar-refractivity contribution in [3.05, 3.63) is 94.9 Å². The lowest BCUT2D eigenvalue weighted by atomic mass is 10.1. The van der Waals surface area contributed by atoms with Gasteiger partial charge in [-0.25, -0.2) is 9.97 Å². The topological polar surface area (TPSA) is 126 Å². The highest BCUT2D eigenvalue weighted by atomic mass is 35.5. The van der Waals surface area contributed by atoms with Crippen molar-refractivity contribution in [2.45, 2.75) is 6.54 Å². The first-order valence-electron chi connectivity index (χ1n) is 10.4. The Balaban J connectivity index is 1.32. The Kier molecular flexibility index (Phi) is 5.57. The first-order chi connectivity index (χ1) is 16.5. The van der Waals surface area contributed by atoms with Crippen molar-refractivity contribution >= 4 is 56.7 Å². The molecule has 0 spiro atoms. The van der Waals surface area contributed by atoms with E-state index >= 15 is 0 Å². The molecule has 2 amide bonds. The summed E-state index contributed by atoms with van der Waals surface area (Å²) in [4.78, 5) is 36.1. The van der Waals surface area contributed by atoms with Crippen LogP contribution in [0.15, 0.2) is 73.1 Å². The maximum absolute atomic E-state index is 12.7. The standard InChI is InChI=1S/C25H19ClN6O2/c26-16-7-8-20-15(10-16)11-21(32-20)25(34)31-17-4-1-3-14(9-17)12-28-24-19-6-2-5-18(23(27)33)22(19)29-13-30-24/h1-11,13,32H,12H2,(H2,27,33)(H,31,34)(H,28,29,30). The SMILES string of the molecule is NC(=O)c1cccc2c(NCc3cccc(NC(=O)c4cc5cc(Cl)ccc5[nH]4)c3)ncnc12. The van der Waals surface area contributed by atoms with Crippen molar-refractivity contribution in [2.24, 2.45) is 5.73 Å². The van der Waals surface area contributed by atoms with E-state index in [1.165, 1.54) is 6.33 Å². The second-order valence-electron chi connectivity index (χ2n) is 7.71. The molecule has 0 aliphatic rings. The number of carbonyl (C=O) groups excluding carboxylic acids is 2. The van der Waals surface area contributed by atoms with Gasteiger partial charge in [-0.1, -0.05) is 29.8 Å². The summed E-state index contributed by atoms with van der Waals surface area (Å²) < 4.78 is 0. The summed E-state index contributed by atoms with van der Waals surface area (Å²) in [6, 6.07) is 19.9. The third-order valence-corrected chi connectivity index (χ3v) is 5.64. The molecular weight excluding hydrogens is 452 g/mol. The molecule has 0 saturated heterocycles. The van der Waals surface area contributed by atoms with E-state index in [1.807, 2.05) is 36.4 Å². The zero-order valence-electron chi connectivity index (χ0n) is 17.8. The number of aromatic amines is 1. The molecule has 0 fully saturated rings. The van der Waals surface area contributed by atoms with Crippen molar-refractivity contribution in [3.63, 3.8) is 0 Å². The molecule has 0 bridgehead atoms. The summed E-state index contributed by atoms with van der Waals surface area (Å²) >= 11 is 6.03. The van der Waals surface area contributed by atoms with Crippen LogP contribution in [0.1, 0.15) is 26.4 Å². The molecule has 0 aliphatic carbocycles. The zero-order chi connectivity index (χ0) is 23.7. The number of hydrogen-bond acceptors (Lipinski definition) is 5. The van der Waals surface area contributed by atoms with Gasteiger partial charge in [0.05, 0.1) is 11.1 Å². The number of benzene rings is 3. The fourth-order valence-electron chi connectivity index (χ4n) is 3.80. The number of fused-ring (bicyclic) bond motifs is 2. The minimum absolute atomic E-state index is 0.252. The number of halogens is 1. The zero-order valence-corrected chi connectivity index (χ0v) is 18.6. The van der Waals surface area contributed by atoms with Crippen LogP contribution in [-0.2, 0) is 6.54 Å². The smallest absolute Gasteiger partial charge is 0.272 e. The first-order valence-corrected chi connectivity index (χ1v) is 10.8. The number of anilines is 2. The Hall–Kier alpha value is -4.43. The highest BCUT2D eigenvalue weighted by Gasteiger charge is 2.12. The number of nitrogens with two attached hydrogens (primary N) is 1. The van der Waals surface area contributed by atoms with E-state index in [2.05, 4.69) is 25.6 Å². The minimum Gasteiger partial charge on any atom is -0.366 e. The van der Waals surface area contributed by atoms with Crippen LogP contribution in [0.25, 0.3) is 21.8 Å². The third-order valence-electron chi connectivity index (χ3n) is 5.40. The number of para-hydroxylation sites is 1. The van der Waals surface area contributed by atoms with Gasteiger partial charge in [0.25, 0.3) is 11.8 Å². The van der Waals surface area contributed by atoms with Crippen LogP contribution in [0.2, 0.25) is 5.02 Å². The van der Waals surface area contributed by atoms with Crippen molar-refractivity contribution in [1.29, 1.82) is 0 Å². The molecule has 5 aromatic rings. The number of nitrogens with one attached hydrogen (secondary N) is 3. The van der Waals surface area contributed by atoms with Crippen molar-refractivity contribution < 1.29 is 9.59 Å². The molecule has 34 heavy (non-hydrogen) atoms. The largest absolute Gasteiger partial charge is 0.366 e. The van der Waals surface area contributed by atoms with Gasteiger partial charge in [-0.05, 0) is 54.1 Å². The molecule has 9 heteroatoms. The number of carbonyl (C=O) groups is 2. The Morgan fingerprint density at radius 3 is 2.71 bits per heavy atom. The molecule has 8 nitrogen and oxygen atoms in total. The summed E-state index contributed by atoms with van der Waals surface area (Å²) in [5.74, 6) is -0.214. The molecule has 0 saturated carbocycles. The van der Waals surface area contributed by atoms with Crippen LogP contribution < -0.4 is 16.4 Å². The van der Waals surface area contributed by atoms with Gasteiger partial charge in [-0.2, -0.15) is 0 Å². The van der Waals surface area contributed by atoms with Crippen LogP contribution in [-0.4, -0.2) is 26.8 Å². The number of H-pyrrole nitrogens is 1. The van der Waals surface area contributed by atoms with E-state index in [0.29, 0.717) is 45.2 Å². The van der Waals surface area contributed by atoms with Gasteiger partial charge in [-0.15, -0.1) is 0 Å². The fraction of sp³-hybridized carbons (Fsp3) is 0.0400. The van der Waals surface area contributed by atoms with Gasteiger partial charge in [0, 0.05) is 33.5 Å². The highest BCUT2D eigenvalue weighted by Crippen LogP contribution is 2.24. The number of rotatable bonds is 6. The fourth-order valence-corrected chi connectivity index (χ4v) is 3.98. The number of nitrogens with zero attached hydrogens (tertiary/aromatic N) is 2. The van der Waals surface area contributed by atoms with Crippen LogP contribution in [0, 0.1) is 0 Å². The maximum atomic E-state index is 12.7. The number of amides is 2. The molecule has 0 aliphatic heterocycles. The summed E-state index contributed by atoms with van der Waals surface area (Å²) in [7, 11) is 0. The molecular formula is C25H19ClN6O2. The van der Waals surface area contributed by atoms with Crippen molar-refractivity contribution in [1.82, 2.24) is 15.0 Å². The van der Waals surface area contributed by atoms with Gasteiger partial charge in [-0.3, -0.25) is 9.59 Å². The molecule has 0 atom stereocenters. The monoisotopic (exact) mass is 470 g/mol. The molecule has 5 rings (SSSR count). The van der Waals surface area contributed by atoms with E-state index in [0.717, 1.165) is 16.5 Å². The molecule has 168 valence electrons. The second-order valence-corrected chi connectivity index (χ2v) is 8.15. The maximum Gasteiger partial charge on any atom is 0.272 e. The summed E-state index contributed by atoms with van der Waals surface area (Å²) in [6.45, 7) is 0.446. The predicted octanol–water partition coefficient (Wildman–Crippen LogP) is 4.73. The number of aromatic nitrogens is 3. The summed E-state index contributed by atoms with van der Waals surface area (Å²) in [5, 5.41) is 8.36. The normalized spacial score (nSPS) is 11.0. The van der Waals surface area contributed by atoms with Gasteiger partial charge in [0.15, 0.2) is 0 Å². The first kappa shape index (κ1) is 21.4. The van der Waals surface area contributed by atoms with E-state index in [1.54, 1.807) is 30.3 Å². The molecule has 5 N–H and O–H groups in total. The lowest BCUT2D eigenvalue weighted by Gasteiger charge is -2.11. The molecule has 2 heterocycles. The number of primary amides is 1. The molecule has 2 aromatic heterocycles. The van der Waals surface area contributed by atoms with Crippen LogP contribution >= 0.6 is 11.6 Å². The quantitative estimate of drug-likeness (QED) is 0.285. The van der Waals surface area contributed by atoms with Gasteiger partial charge in [0.2, 0.25) is 0 Å². The highest BCUT2D eigenvalue weighted by molar-refractivity contribution is 6.31. The second kappa shape index (κ2) is 8.84. The lowest BCUT2D eigenvalue weighted by molar-refractivity contribution is 0.0998. The van der Waals surface area contributed by atoms with Gasteiger partial charge in [0.1, 0.15) is 17.8 Å². The van der Waals surface area contributed by atoms with Crippen LogP contribution in [0.3, 0.4) is 0 Å². The Bertz CT molecular complexity index is 1560. The van der Waals surface area contributed by atoms with Crippen LogP contribution in [0.4, 0.5) is 11.5 Å². The summed E-state index contributed by atoms with van der Waals surface area (Å²) in [6.07, 6.45) is 1.39. The number of hydrogen-bond donors (Lipinski definition) is 4. The average molecular weight is 471 g/mol. The van der Waals surface area contributed by atoms with E-state index < -0.39 is 5.91 Å². The Morgan fingerprint density at radius 2 is 1.85 bits per heavy atom. The van der Waals surface area contributed by atoms with Gasteiger partial charge >= 0.3 is 0 Å². The van der Waals surface area contributed by atoms with Gasteiger partial charge < -0.3 is 21.4 Å². The predicted molar refractivity (Wildman–Crippen MR) is 133 cm³/mol. The lowest BCUT2D eigenvalue weighted by Crippen LogP contribution is -2.13. The van der Waals surface area contributed by atoms with E-state index in [9.17, 15) is 9.59 Å². The average Bonchev–Trinajstić information content (AvgIpc) is 3.26. The molecule has 0 radical (unpaired) electrons. The van der Waals surface area contributed by atoms with Crippen molar-refractivity contribution in [3.8, 4) is 0 Å². The Labute approximate surface area is 199 Å². The Morgan fingerprint density at radius 1 is 1.00 bits per heavy atom. The molecule has 0 unspecified atom stereocenters. The molecule has 3 aromatic carbocycles.